The van der Waals surface area contributed by atoms with Gasteiger partial charge in [-0.15, -0.1) is 0 Å². The van der Waals surface area contributed by atoms with E-state index in [0.29, 0.717) is 11.4 Å². The summed E-state index contributed by atoms with van der Waals surface area (Å²) in [6.07, 6.45) is 5.86. The van der Waals surface area contributed by atoms with Gasteiger partial charge in [-0.05, 0) is 65.2 Å². The molecule has 1 aromatic carbocycles. The van der Waals surface area contributed by atoms with Crippen LogP contribution in [-0.2, 0) is 0 Å². The molecular weight excluding hydrogens is 320 g/mol. The van der Waals surface area contributed by atoms with Crippen LogP contribution in [0, 0.1) is 0 Å². The molecule has 1 aliphatic carbocycles. The Morgan fingerprint density at radius 3 is 2.75 bits per heavy atom. The first-order valence-electron chi connectivity index (χ1n) is 6.86. The van der Waals surface area contributed by atoms with Crippen LogP contribution in [-0.4, -0.2) is 17.1 Å². The van der Waals surface area contributed by atoms with Crippen molar-refractivity contribution >= 4 is 26.7 Å². The zero-order valence-electron chi connectivity index (χ0n) is 11.1. The molecule has 0 unspecified atom stereocenters. The van der Waals surface area contributed by atoms with Gasteiger partial charge in [-0.25, -0.2) is 0 Å². The monoisotopic (exact) mass is 336 g/mol. The number of nitrogens with two attached hydrogens (primary N) is 1. The first-order valence-corrected chi connectivity index (χ1v) is 7.66. The molecule has 3 N–H and O–H groups in total. The number of pyridine rings is 1. The Labute approximate surface area is 125 Å². The van der Waals surface area contributed by atoms with Gasteiger partial charge in [0.1, 0.15) is 5.75 Å². The summed E-state index contributed by atoms with van der Waals surface area (Å²) in [7, 11) is 0. The molecule has 1 aromatic heterocycles. The van der Waals surface area contributed by atoms with Crippen LogP contribution in [0.3, 0.4) is 0 Å². The van der Waals surface area contributed by atoms with E-state index < -0.39 is 0 Å². The van der Waals surface area contributed by atoms with Gasteiger partial charge in [-0.3, -0.25) is 4.79 Å². The summed E-state index contributed by atoms with van der Waals surface area (Å²) in [6, 6.07) is 5.93. The topological polar surface area (TPSA) is 68.1 Å². The molecule has 1 saturated carbocycles. The first-order chi connectivity index (χ1) is 9.63. The van der Waals surface area contributed by atoms with Crippen LogP contribution >= 0.6 is 15.9 Å². The third kappa shape index (κ3) is 2.74. The summed E-state index contributed by atoms with van der Waals surface area (Å²) in [5.74, 6) is 0.795. The third-order valence-corrected chi connectivity index (χ3v) is 4.46. The summed E-state index contributed by atoms with van der Waals surface area (Å²) in [6.45, 7) is 0. The largest absolute Gasteiger partial charge is 0.489 e. The number of hydrogen-bond acceptors (Lipinski definition) is 3. The van der Waals surface area contributed by atoms with Gasteiger partial charge in [0, 0.05) is 17.6 Å². The first kappa shape index (κ1) is 13.6. The van der Waals surface area contributed by atoms with E-state index in [-0.39, 0.29) is 11.7 Å². The number of halogens is 1. The van der Waals surface area contributed by atoms with Crippen LogP contribution in [0.4, 0.5) is 0 Å². The molecule has 1 fully saturated rings. The van der Waals surface area contributed by atoms with Crippen LogP contribution in [0.25, 0.3) is 10.8 Å². The minimum Gasteiger partial charge on any atom is -0.489 e. The predicted octanol–water partition coefficient (Wildman–Crippen LogP) is 2.94. The number of aromatic nitrogens is 1. The molecule has 3 rings (SSSR count). The van der Waals surface area contributed by atoms with E-state index in [1.54, 1.807) is 6.20 Å². The minimum absolute atomic E-state index is 0.0848. The summed E-state index contributed by atoms with van der Waals surface area (Å²) in [5, 5.41) is 1.55. The average molecular weight is 337 g/mol. The quantitative estimate of drug-likeness (QED) is 0.885. The number of nitrogens with one attached hydrogen (secondary N) is 1. The van der Waals surface area contributed by atoms with Crippen molar-refractivity contribution in [2.75, 3.05) is 0 Å². The van der Waals surface area contributed by atoms with Gasteiger partial charge in [-0.2, -0.15) is 0 Å². The molecule has 1 aliphatic rings. The molecular formula is C15H17BrN2O2. The van der Waals surface area contributed by atoms with Gasteiger partial charge in [-0.1, -0.05) is 0 Å². The fourth-order valence-corrected chi connectivity index (χ4v) is 3.10. The Hall–Kier alpha value is -1.33. The molecule has 2 aromatic rings. The zero-order chi connectivity index (χ0) is 14.1. The fraction of sp³-hybridized carbons (Fsp3) is 0.400. The maximum atomic E-state index is 11.7. The number of benzene rings is 1. The zero-order valence-corrected chi connectivity index (χ0v) is 12.7. The Bertz CT molecular complexity index is 675. The number of aromatic amines is 1. The number of H-pyrrole nitrogens is 1. The number of fused-ring (bicyclic) bond motifs is 1. The fourth-order valence-electron chi connectivity index (χ4n) is 2.66. The van der Waals surface area contributed by atoms with Gasteiger partial charge < -0.3 is 15.5 Å². The highest BCUT2D eigenvalue weighted by molar-refractivity contribution is 9.10. The molecule has 1 heterocycles. The lowest BCUT2D eigenvalue weighted by molar-refractivity contribution is 0.146. The Morgan fingerprint density at radius 1 is 1.25 bits per heavy atom. The molecule has 0 spiro atoms. The van der Waals surface area contributed by atoms with Crippen LogP contribution in [0.2, 0.25) is 0 Å². The van der Waals surface area contributed by atoms with Gasteiger partial charge >= 0.3 is 0 Å². The molecule has 4 nitrogen and oxygen atoms in total. The van der Waals surface area contributed by atoms with Crippen molar-refractivity contribution in [3.8, 4) is 5.75 Å². The molecule has 0 bridgehead atoms. The molecule has 0 atom stereocenters. The van der Waals surface area contributed by atoms with E-state index in [1.807, 2.05) is 18.2 Å². The molecule has 106 valence electrons. The number of rotatable bonds is 2. The highest BCUT2D eigenvalue weighted by Gasteiger charge is 2.20. The van der Waals surface area contributed by atoms with Crippen molar-refractivity contribution in [1.29, 1.82) is 0 Å². The van der Waals surface area contributed by atoms with E-state index >= 15 is 0 Å². The lowest BCUT2D eigenvalue weighted by Crippen LogP contribution is -2.31. The highest BCUT2D eigenvalue weighted by Crippen LogP contribution is 2.32. The van der Waals surface area contributed by atoms with Crippen LogP contribution in [0.5, 0.6) is 5.75 Å². The lowest BCUT2D eigenvalue weighted by atomic mass is 9.94. The van der Waals surface area contributed by atoms with Crippen molar-refractivity contribution < 1.29 is 4.74 Å². The summed E-state index contributed by atoms with van der Waals surface area (Å²) < 4.78 is 6.88. The van der Waals surface area contributed by atoms with Gasteiger partial charge in [0.05, 0.1) is 10.6 Å². The van der Waals surface area contributed by atoms with Crippen molar-refractivity contribution in [3.63, 3.8) is 0 Å². The summed E-state index contributed by atoms with van der Waals surface area (Å²) in [4.78, 5) is 14.4. The van der Waals surface area contributed by atoms with E-state index in [0.717, 1.165) is 41.3 Å². The van der Waals surface area contributed by atoms with E-state index in [4.69, 9.17) is 10.5 Å². The number of hydrogen-bond donors (Lipinski definition) is 2. The second kappa shape index (κ2) is 5.58. The van der Waals surface area contributed by atoms with Gasteiger partial charge in [0.25, 0.3) is 5.56 Å². The van der Waals surface area contributed by atoms with Crippen molar-refractivity contribution in [3.05, 3.63) is 39.2 Å². The van der Waals surface area contributed by atoms with Crippen LogP contribution in [0.1, 0.15) is 25.7 Å². The number of ether oxygens (including phenoxy) is 1. The lowest BCUT2D eigenvalue weighted by Gasteiger charge is -2.27. The highest BCUT2D eigenvalue weighted by atomic mass is 79.9. The van der Waals surface area contributed by atoms with Gasteiger partial charge in [0.15, 0.2) is 0 Å². The Balaban J connectivity index is 1.88. The van der Waals surface area contributed by atoms with Crippen LogP contribution < -0.4 is 16.0 Å². The van der Waals surface area contributed by atoms with E-state index in [1.165, 1.54) is 0 Å². The third-order valence-electron chi connectivity index (χ3n) is 3.84. The van der Waals surface area contributed by atoms with E-state index in [9.17, 15) is 4.79 Å². The molecule has 0 aliphatic heterocycles. The van der Waals surface area contributed by atoms with Crippen LogP contribution in [0.15, 0.2) is 33.7 Å². The SMILES string of the molecule is N[C@H]1CC[C@@H](Oc2cc3cc[nH]c(=O)c3cc2Br)CC1. The average Bonchev–Trinajstić information content (AvgIpc) is 2.43. The molecule has 0 saturated heterocycles. The summed E-state index contributed by atoms with van der Waals surface area (Å²) >= 11 is 3.49. The van der Waals surface area contributed by atoms with Crippen molar-refractivity contribution in [1.82, 2.24) is 4.98 Å². The molecule has 5 heteroatoms. The van der Waals surface area contributed by atoms with E-state index in [2.05, 4.69) is 20.9 Å². The van der Waals surface area contributed by atoms with Crippen molar-refractivity contribution in [2.45, 2.75) is 37.8 Å². The maximum absolute atomic E-state index is 11.7. The normalized spacial score (nSPS) is 22.9. The second-order valence-corrected chi connectivity index (χ2v) is 6.19. The standard InChI is InChI=1S/C15H17BrN2O2/c16-13-8-12-9(5-6-18-15(12)19)7-14(13)20-11-3-1-10(17)2-4-11/h5-8,10-11H,1-4,17H2,(H,18,19)/t10-,11+. The summed E-state index contributed by atoms with van der Waals surface area (Å²) in [5.41, 5.74) is 5.82. The smallest absolute Gasteiger partial charge is 0.255 e. The molecule has 0 radical (unpaired) electrons. The maximum Gasteiger partial charge on any atom is 0.255 e. The molecule has 20 heavy (non-hydrogen) atoms. The van der Waals surface area contributed by atoms with Gasteiger partial charge in [0.2, 0.25) is 0 Å². The Morgan fingerprint density at radius 2 is 2.00 bits per heavy atom. The molecule has 0 amide bonds. The Kier molecular flexibility index (Phi) is 3.81. The second-order valence-electron chi connectivity index (χ2n) is 5.33. The minimum atomic E-state index is -0.0848. The predicted molar refractivity (Wildman–Crippen MR) is 83.1 cm³/mol. The van der Waals surface area contributed by atoms with Crippen molar-refractivity contribution in [2.24, 2.45) is 5.73 Å².